The van der Waals surface area contributed by atoms with E-state index < -0.39 is 8.32 Å². The average Bonchev–Trinajstić information content (AvgIpc) is 2.54. The van der Waals surface area contributed by atoms with Crippen molar-refractivity contribution in [1.29, 1.82) is 0 Å². The highest BCUT2D eigenvalue weighted by Gasteiger charge is 2.36. The van der Waals surface area contributed by atoms with Crippen LogP contribution in [0.1, 0.15) is 51.7 Å². The number of anilines is 2. The van der Waals surface area contributed by atoms with Gasteiger partial charge in [-0.3, -0.25) is 0 Å². The second kappa shape index (κ2) is 7.75. The zero-order valence-electron chi connectivity index (χ0n) is 16.8. The summed E-state index contributed by atoms with van der Waals surface area (Å²) in [6, 6.07) is 17.2. The summed E-state index contributed by atoms with van der Waals surface area (Å²) >= 11 is 0. The Bertz CT molecular complexity index is 667. The zero-order valence-corrected chi connectivity index (χ0v) is 17.8. The first kappa shape index (κ1) is 19.7. The van der Waals surface area contributed by atoms with Crippen LogP contribution in [0.15, 0.2) is 48.5 Å². The minimum absolute atomic E-state index is 0.247. The van der Waals surface area contributed by atoms with Crippen LogP contribution in [0.5, 0.6) is 0 Å². The highest BCUT2D eigenvalue weighted by molar-refractivity contribution is 6.74. The Morgan fingerprint density at radius 1 is 0.880 bits per heavy atom. The van der Waals surface area contributed by atoms with E-state index in [2.05, 4.69) is 102 Å². The molecule has 0 saturated carbocycles. The molecule has 2 nitrogen and oxygen atoms in total. The monoisotopic (exact) mass is 355 g/mol. The fourth-order valence-corrected chi connectivity index (χ4v) is 3.24. The Labute approximate surface area is 154 Å². The molecule has 2 rings (SSSR count). The van der Waals surface area contributed by atoms with Crippen LogP contribution >= 0.6 is 0 Å². The van der Waals surface area contributed by atoms with Gasteiger partial charge in [0.2, 0.25) is 0 Å². The molecule has 2 aromatic carbocycles. The maximum absolute atomic E-state index is 6.29. The topological polar surface area (TPSA) is 21.3 Å². The Kier molecular flexibility index (Phi) is 6.12. The van der Waals surface area contributed by atoms with Crippen molar-refractivity contribution in [1.82, 2.24) is 0 Å². The quantitative estimate of drug-likeness (QED) is 0.559. The molecule has 25 heavy (non-hydrogen) atoms. The fraction of sp³-hybridized carbons (Fsp3) is 0.455. The van der Waals surface area contributed by atoms with Crippen LogP contribution in [0, 0.1) is 0 Å². The van der Waals surface area contributed by atoms with Gasteiger partial charge in [0, 0.05) is 11.4 Å². The van der Waals surface area contributed by atoms with Gasteiger partial charge in [-0.2, -0.15) is 0 Å². The summed E-state index contributed by atoms with van der Waals surface area (Å²) in [4.78, 5) is 0. The van der Waals surface area contributed by atoms with Crippen molar-refractivity contribution in [2.24, 2.45) is 0 Å². The highest BCUT2D eigenvalue weighted by Crippen LogP contribution is 2.37. The van der Waals surface area contributed by atoms with Gasteiger partial charge in [-0.25, -0.2) is 0 Å². The predicted molar refractivity (Wildman–Crippen MR) is 112 cm³/mol. The predicted octanol–water partition coefficient (Wildman–Crippen LogP) is 7.08. The summed E-state index contributed by atoms with van der Waals surface area (Å²) in [5, 5.41) is 3.71. The first-order valence-electron chi connectivity index (χ1n) is 9.18. The summed E-state index contributed by atoms with van der Waals surface area (Å²) in [5.41, 5.74) is 4.82. The molecule has 0 aromatic heterocycles. The molecule has 0 spiro atoms. The van der Waals surface area contributed by atoms with E-state index >= 15 is 0 Å². The number of hydrogen-bond acceptors (Lipinski definition) is 2. The van der Waals surface area contributed by atoms with E-state index in [-0.39, 0.29) is 5.04 Å². The molecule has 0 amide bonds. The normalized spacial score (nSPS) is 12.5. The summed E-state index contributed by atoms with van der Waals surface area (Å²) in [6.07, 6.45) is 0. The van der Waals surface area contributed by atoms with Crippen molar-refractivity contribution in [3.05, 3.63) is 59.7 Å². The van der Waals surface area contributed by atoms with E-state index in [1.54, 1.807) is 0 Å². The van der Waals surface area contributed by atoms with Crippen LogP contribution in [-0.2, 0) is 11.0 Å². The van der Waals surface area contributed by atoms with Crippen molar-refractivity contribution in [3.63, 3.8) is 0 Å². The number of benzene rings is 2. The molecular formula is C22H33NOSi. The molecule has 0 heterocycles. The van der Waals surface area contributed by atoms with Gasteiger partial charge in [0.05, 0.1) is 6.61 Å². The van der Waals surface area contributed by atoms with Crippen LogP contribution < -0.4 is 5.32 Å². The molecule has 3 heteroatoms. The van der Waals surface area contributed by atoms with E-state index in [9.17, 15) is 0 Å². The Morgan fingerprint density at radius 3 is 1.80 bits per heavy atom. The summed E-state index contributed by atoms with van der Waals surface area (Å²) in [7, 11) is -1.69. The van der Waals surface area contributed by atoms with Crippen LogP contribution in [0.4, 0.5) is 11.4 Å². The van der Waals surface area contributed by atoms with Crippen molar-refractivity contribution in [2.45, 2.75) is 65.3 Å². The lowest BCUT2D eigenvalue weighted by molar-refractivity contribution is 0.276. The number of rotatable bonds is 6. The number of hydrogen-bond donors (Lipinski definition) is 1. The fourth-order valence-electron chi connectivity index (χ4n) is 2.28. The van der Waals surface area contributed by atoms with Gasteiger partial charge < -0.3 is 9.74 Å². The third-order valence-electron chi connectivity index (χ3n) is 5.23. The van der Waals surface area contributed by atoms with Gasteiger partial charge in [0.25, 0.3) is 0 Å². The standard InChI is InChI=1S/C22H33NOSi/c1-17(2)19-10-14-21(15-11-19)23-20-12-8-18(9-13-20)16-24-25(6,7)22(3,4)5/h8-15,17,23H,16H2,1-7H3. The van der Waals surface area contributed by atoms with Crippen LogP contribution in [0.2, 0.25) is 18.1 Å². The lowest BCUT2D eigenvalue weighted by Crippen LogP contribution is -2.40. The van der Waals surface area contributed by atoms with Crippen molar-refractivity contribution >= 4 is 19.7 Å². The van der Waals surface area contributed by atoms with Crippen molar-refractivity contribution < 1.29 is 4.43 Å². The molecule has 0 radical (unpaired) electrons. The molecule has 0 aliphatic carbocycles. The van der Waals surface area contributed by atoms with E-state index in [4.69, 9.17) is 4.43 Å². The Morgan fingerprint density at radius 2 is 1.36 bits per heavy atom. The first-order valence-corrected chi connectivity index (χ1v) is 12.1. The van der Waals surface area contributed by atoms with E-state index in [0.717, 1.165) is 11.4 Å². The van der Waals surface area contributed by atoms with E-state index in [0.29, 0.717) is 12.5 Å². The van der Waals surface area contributed by atoms with Gasteiger partial charge in [0.1, 0.15) is 0 Å². The average molecular weight is 356 g/mol. The number of nitrogens with one attached hydrogen (secondary N) is 1. The first-order chi connectivity index (χ1) is 11.6. The zero-order chi connectivity index (χ0) is 18.7. The van der Waals surface area contributed by atoms with Gasteiger partial charge in [-0.1, -0.05) is 58.9 Å². The molecule has 136 valence electrons. The summed E-state index contributed by atoms with van der Waals surface area (Å²) < 4.78 is 6.29. The molecule has 0 fully saturated rings. The third-order valence-corrected chi connectivity index (χ3v) is 9.70. The van der Waals surface area contributed by atoms with E-state index in [1.165, 1.54) is 11.1 Å². The Balaban J connectivity index is 1.96. The minimum Gasteiger partial charge on any atom is -0.413 e. The van der Waals surface area contributed by atoms with Gasteiger partial charge in [-0.15, -0.1) is 0 Å². The molecule has 1 N–H and O–H groups in total. The molecule has 0 aliphatic rings. The second-order valence-corrected chi connectivity index (χ2v) is 13.5. The molecule has 0 aliphatic heterocycles. The highest BCUT2D eigenvalue weighted by atomic mass is 28.4. The van der Waals surface area contributed by atoms with E-state index in [1.807, 2.05) is 0 Å². The van der Waals surface area contributed by atoms with Crippen LogP contribution in [-0.4, -0.2) is 8.32 Å². The van der Waals surface area contributed by atoms with Crippen molar-refractivity contribution in [3.8, 4) is 0 Å². The second-order valence-electron chi connectivity index (χ2n) is 8.65. The lowest BCUT2D eigenvalue weighted by Gasteiger charge is -2.36. The molecular weight excluding hydrogens is 322 g/mol. The van der Waals surface area contributed by atoms with Gasteiger partial charge >= 0.3 is 0 Å². The summed E-state index contributed by atoms with van der Waals surface area (Å²) in [5.74, 6) is 0.564. The largest absolute Gasteiger partial charge is 0.413 e. The third kappa shape index (κ3) is 5.45. The van der Waals surface area contributed by atoms with Gasteiger partial charge in [-0.05, 0) is 59.4 Å². The van der Waals surface area contributed by atoms with Crippen LogP contribution in [0.3, 0.4) is 0 Å². The SMILES string of the molecule is CC(C)c1ccc(Nc2ccc(CO[Si](C)(C)C(C)(C)C)cc2)cc1. The maximum Gasteiger partial charge on any atom is 0.192 e. The molecule has 0 bridgehead atoms. The molecule has 0 saturated heterocycles. The lowest BCUT2D eigenvalue weighted by atomic mass is 10.0. The minimum atomic E-state index is -1.69. The van der Waals surface area contributed by atoms with Crippen LogP contribution in [0.25, 0.3) is 0 Å². The maximum atomic E-state index is 6.29. The molecule has 0 unspecified atom stereocenters. The smallest absolute Gasteiger partial charge is 0.192 e. The molecule has 0 atom stereocenters. The molecule has 2 aromatic rings. The van der Waals surface area contributed by atoms with Gasteiger partial charge in [0.15, 0.2) is 8.32 Å². The Hall–Kier alpha value is -1.58. The van der Waals surface area contributed by atoms with Crippen molar-refractivity contribution in [2.75, 3.05) is 5.32 Å². The summed E-state index contributed by atoms with van der Waals surface area (Å²) in [6.45, 7) is 16.5.